The van der Waals surface area contributed by atoms with E-state index in [2.05, 4.69) is 10.2 Å². The molecular formula is C22H21N3O5S. The van der Waals surface area contributed by atoms with E-state index in [1.165, 1.54) is 0 Å². The molecule has 1 N–H and O–H groups in total. The van der Waals surface area contributed by atoms with Gasteiger partial charge in [0.05, 0.1) is 15.8 Å². The molecule has 3 heterocycles. The van der Waals surface area contributed by atoms with Gasteiger partial charge in [-0.3, -0.25) is 9.89 Å². The number of hydrogen-bond donors (Lipinski definition) is 1. The second-order valence-electron chi connectivity index (χ2n) is 7.58. The van der Waals surface area contributed by atoms with Crippen molar-refractivity contribution in [3.8, 4) is 22.8 Å². The molecule has 0 aliphatic carbocycles. The number of nitrogens with one attached hydrogen (secondary N) is 1. The van der Waals surface area contributed by atoms with E-state index in [1.54, 1.807) is 41.3 Å². The second-order valence-corrected chi connectivity index (χ2v) is 9.81. The maximum atomic E-state index is 12.9. The van der Waals surface area contributed by atoms with Crippen molar-refractivity contribution in [2.24, 2.45) is 0 Å². The van der Waals surface area contributed by atoms with Crippen molar-refractivity contribution < 1.29 is 22.7 Å². The number of H-pyrrole nitrogens is 1. The molecule has 1 aromatic heterocycles. The van der Waals surface area contributed by atoms with Gasteiger partial charge >= 0.3 is 0 Å². The Morgan fingerprint density at radius 2 is 1.74 bits per heavy atom. The van der Waals surface area contributed by atoms with Crippen LogP contribution in [0, 0.1) is 0 Å². The molecule has 1 fully saturated rings. The van der Waals surface area contributed by atoms with Crippen molar-refractivity contribution in [1.29, 1.82) is 0 Å². The highest BCUT2D eigenvalue weighted by Gasteiger charge is 2.33. The Bertz CT molecular complexity index is 1210. The number of hydrogen-bond acceptors (Lipinski definition) is 6. The Balaban J connectivity index is 1.26. The quantitative estimate of drug-likeness (QED) is 0.671. The van der Waals surface area contributed by atoms with Crippen LogP contribution in [0.25, 0.3) is 11.3 Å². The molecule has 0 unspecified atom stereocenters. The molecule has 1 amide bonds. The fraction of sp³-hybridized carbons (Fsp3) is 0.273. The molecule has 0 spiro atoms. The molecule has 8 nitrogen and oxygen atoms in total. The number of aromatic amines is 1. The van der Waals surface area contributed by atoms with Crippen LogP contribution in [0.15, 0.2) is 59.5 Å². The Morgan fingerprint density at radius 1 is 1.00 bits per heavy atom. The molecule has 0 bridgehead atoms. The van der Waals surface area contributed by atoms with E-state index in [9.17, 15) is 13.2 Å². The van der Waals surface area contributed by atoms with E-state index in [0.29, 0.717) is 53.7 Å². The van der Waals surface area contributed by atoms with Gasteiger partial charge in [0.15, 0.2) is 21.3 Å². The molecule has 0 atom stereocenters. The number of amides is 1. The van der Waals surface area contributed by atoms with E-state index < -0.39 is 15.1 Å². The van der Waals surface area contributed by atoms with Crippen molar-refractivity contribution in [2.45, 2.75) is 23.0 Å². The zero-order chi connectivity index (χ0) is 21.4. The van der Waals surface area contributed by atoms with Crippen LogP contribution in [-0.2, 0) is 9.84 Å². The molecule has 2 aliphatic rings. The van der Waals surface area contributed by atoms with Crippen molar-refractivity contribution in [2.75, 3.05) is 19.9 Å². The number of likely N-dealkylation sites (tertiary alicyclic amines) is 1. The van der Waals surface area contributed by atoms with E-state index in [4.69, 9.17) is 9.47 Å². The first-order valence-corrected chi connectivity index (χ1v) is 11.6. The predicted molar refractivity (Wildman–Crippen MR) is 113 cm³/mol. The molecule has 9 heteroatoms. The highest BCUT2D eigenvalue weighted by atomic mass is 32.2. The van der Waals surface area contributed by atoms with Gasteiger partial charge in [-0.2, -0.15) is 5.10 Å². The molecule has 2 aliphatic heterocycles. The standard InChI is InChI=1S/C22H21N3O5S/c26-22(19-13-18(23-24-19)15-6-7-20-21(12-15)30-14-29-20)25-10-8-17(9-11-25)31(27,28)16-4-2-1-3-5-16/h1-7,12-13,17H,8-11,14H2,(H,23,24). The Morgan fingerprint density at radius 3 is 2.52 bits per heavy atom. The minimum Gasteiger partial charge on any atom is -0.454 e. The van der Waals surface area contributed by atoms with E-state index in [1.807, 2.05) is 18.2 Å². The number of carbonyl (C=O) groups excluding carboxylic acids is 1. The van der Waals surface area contributed by atoms with Crippen LogP contribution >= 0.6 is 0 Å². The topological polar surface area (TPSA) is 102 Å². The summed E-state index contributed by atoms with van der Waals surface area (Å²) < 4.78 is 36.4. The van der Waals surface area contributed by atoms with Crippen molar-refractivity contribution in [1.82, 2.24) is 15.1 Å². The highest BCUT2D eigenvalue weighted by molar-refractivity contribution is 7.92. The van der Waals surface area contributed by atoms with Crippen LogP contribution in [0.4, 0.5) is 0 Å². The third-order valence-corrected chi connectivity index (χ3v) is 7.99. The molecular weight excluding hydrogens is 418 g/mol. The van der Waals surface area contributed by atoms with Crippen LogP contribution in [0.5, 0.6) is 11.5 Å². The van der Waals surface area contributed by atoms with Crippen LogP contribution < -0.4 is 9.47 Å². The molecule has 5 rings (SSSR count). The summed E-state index contributed by atoms with van der Waals surface area (Å²) >= 11 is 0. The molecule has 160 valence electrons. The van der Waals surface area contributed by atoms with Crippen molar-refractivity contribution in [3.05, 3.63) is 60.3 Å². The van der Waals surface area contributed by atoms with Gasteiger partial charge in [-0.1, -0.05) is 18.2 Å². The number of aromatic nitrogens is 2. The van der Waals surface area contributed by atoms with Gasteiger partial charge in [0.25, 0.3) is 5.91 Å². The third-order valence-electron chi connectivity index (χ3n) is 5.72. The lowest BCUT2D eigenvalue weighted by molar-refractivity contribution is 0.0719. The lowest BCUT2D eigenvalue weighted by atomic mass is 10.1. The van der Waals surface area contributed by atoms with Crippen LogP contribution in [0.2, 0.25) is 0 Å². The predicted octanol–water partition coefficient (Wildman–Crippen LogP) is 2.88. The minimum absolute atomic E-state index is 0.185. The minimum atomic E-state index is -3.39. The summed E-state index contributed by atoms with van der Waals surface area (Å²) in [5, 5.41) is 6.58. The number of sulfone groups is 1. The zero-order valence-electron chi connectivity index (χ0n) is 16.7. The number of rotatable bonds is 4. The molecule has 31 heavy (non-hydrogen) atoms. The van der Waals surface area contributed by atoms with Gasteiger partial charge < -0.3 is 14.4 Å². The first-order chi connectivity index (χ1) is 15.0. The monoisotopic (exact) mass is 439 g/mol. The SMILES string of the molecule is O=C(c1cc(-c2ccc3c(c2)OCO3)n[nH]1)N1CCC(S(=O)(=O)c2ccccc2)CC1. The summed E-state index contributed by atoms with van der Waals surface area (Å²) in [4.78, 5) is 14.9. The lowest BCUT2D eigenvalue weighted by Crippen LogP contribution is -2.42. The number of fused-ring (bicyclic) bond motifs is 1. The molecule has 1 saturated heterocycles. The van der Waals surface area contributed by atoms with Gasteiger partial charge in [0.2, 0.25) is 6.79 Å². The van der Waals surface area contributed by atoms with E-state index in [0.717, 1.165) is 5.56 Å². The summed E-state index contributed by atoms with van der Waals surface area (Å²) in [6.07, 6.45) is 0.818. The van der Waals surface area contributed by atoms with Gasteiger partial charge in [-0.15, -0.1) is 0 Å². The Kier molecular flexibility index (Phi) is 4.90. The average Bonchev–Trinajstić information content (AvgIpc) is 3.48. The zero-order valence-corrected chi connectivity index (χ0v) is 17.5. The lowest BCUT2D eigenvalue weighted by Gasteiger charge is -2.31. The van der Waals surface area contributed by atoms with Gasteiger partial charge in [-0.05, 0) is 49.2 Å². The van der Waals surface area contributed by atoms with Gasteiger partial charge in [0, 0.05) is 18.7 Å². The molecule has 2 aromatic carbocycles. The highest BCUT2D eigenvalue weighted by Crippen LogP contribution is 2.35. The number of ether oxygens (including phenoxy) is 2. The largest absolute Gasteiger partial charge is 0.454 e. The summed E-state index contributed by atoms with van der Waals surface area (Å²) in [7, 11) is -3.39. The van der Waals surface area contributed by atoms with Crippen LogP contribution in [0.3, 0.4) is 0 Å². The fourth-order valence-corrected chi connectivity index (χ4v) is 5.73. The number of nitrogens with zero attached hydrogens (tertiary/aromatic N) is 2. The number of benzene rings is 2. The summed E-state index contributed by atoms with van der Waals surface area (Å²) in [6, 6.07) is 15.7. The van der Waals surface area contributed by atoms with Crippen molar-refractivity contribution in [3.63, 3.8) is 0 Å². The maximum absolute atomic E-state index is 12.9. The first-order valence-electron chi connectivity index (χ1n) is 10.1. The Labute approximate surface area is 179 Å². The number of piperidine rings is 1. The average molecular weight is 439 g/mol. The van der Waals surface area contributed by atoms with Crippen LogP contribution in [-0.4, -0.2) is 54.6 Å². The van der Waals surface area contributed by atoms with E-state index in [-0.39, 0.29) is 12.7 Å². The third kappa shape index (κ3) is 3.65. The molecule has 0 radical (unpaired) electrons. The fourth-order valence-electron chi connectivity index (χ4n) is 3.98. The van der Waals surface area contributed by atoms with E-state index >= 15 is 0 Å². The number of carbonyl (C=O) groups is 1. The maximum Gasteiger partial charge on any atom is 0.271 e. The summed E-state index contributed by atoms with van der Waals surface area (Å²) in [5.41, 5.74) is 1.81. The first kappa shape index (κ1) is 19.6. The summed E-state index contributed by atoms with van der Waals surface area (Å²) in [6.45, 7) is 0.959. The summed E-state index contributed by atoms with van der Waals surface area (Å²) in [5.74, 6) is 1.15. The normalized spacial score (nSPS) is 16.5. The second kappa shape index (κ2) is 7.73. The molecule has 3 aromatic rings. The van der Waals surface area contributed by atoms with Gasteiger partial charge in [0.1, 0.15) is 5.69 Å². The van der Waals surface area contributed by atoms with Crippen LogP contribution in [0.1, 0.15) is 23.3 Å². The molecule has 0 saturated carbocycles. The van der Waals surface area contributed by atoms with Crippen molar-refractivity contribution >= 4 is 15.7 Å². The Hall–Kier alpha value is -3.33. The van der Waals surface area contributed by atoms with Gasteiger partial charge in [-0.25, -0.2) is 8.42 Å². The smallest absolute Gasteiger partial charge is 0.271 e.